The molecule has 0 spiro atoms. The molecule has 0 aromatic heterocycles. The molecule has 21 heavy (non-hydrogen) atoms. The van der Waals surface area contributed by atoms with Crippen LogP contribution in [0.4, 0.5) is 0 Å². The first kappa shape index (κ1) is 16.3. The normalized spacial score (nSPS) is 16.1. The maximum absolute atomic E-state index is 9.41. The molecule has 0 unspecified atom stereocenters. The first-order chi connectivity index (χ1) is 10.3. The summed E-state index contributed by atoms with van der Waals surface area (Å²) < 4.78 is 6.01. The molecule has 0 amide bonds. The highest BCUT2D eigenvalue weighted by atomic mass is 16.5. The minimum Gasteiger partial charge on any atom is -0.493 e. The predicted molar refractivity (Wildman–Crippen MR) is 86.7 cm³/mol. The van der Waals surface area contributed by atoms with Crippen LogP contribution in [0.1, 0.15) is 49.7 Å². The van der Waals surface area contributed by atoms with Gasteiger partial charge in [0, 0.05) is 0 Å². The molecular weight excluding hydrogens is 262 g/mol. The van der Waals surface area contributed by atoms with Gasteiger partial charge in [-0.15, -0.1) is 0 Å². The SMILES string of the molecule is CNCCCc1cc(CO)cc(OCC2CCCCC2)c1. The Hall–Kier alpha value is -1.06. The van der Waals surface area contributed by atoms with Gasteiger partial charge in [-0.2, -0.15) is 0 Å². The fourth-order valence-corrected chi connectivity index (χ4v) is 3.08. The Morgan fingerprint density at radius 2 is 1.90 bits per heavy atom. The number of aliphatic hydroxyl groups excluding tert-OH is 1. The smallest absolute Gasteiger partial charge is 0.119 e. The fraction of sp³-hybridized carbons (Fsp3) is 0.667. The van der Waals surface area contributed by atoms with Gasteiger partial charge in [0.15, 0.2) is 0 Å². The lowest BCUT2D eigenvalue weighted by Crippen LogP contribution is -2.15. The van der Waals surface area contributed by atoms with Crippen molar-refractivity contribution in [3.8, 4) is 5.75 Å². The minimum atomic E-state index is 0.0830. The third-order valence-corrected chi connectivity index (χ3v) is 4.31. The van der Waals surface area contributed by atoms with E-state index in [2.05, 4.69) is 17.4 Å². The van der Waals surface area contributed by atoms with Gasteiger partial charge in [-0.1, -0.05) is 25.3 Å². The highest BCUT2D eigenvalue weighted by Gasteiger charge is 2.14. The average Bonchev–Trinajstić information content (AvgIpc) is 2.54. The highest BCUT2D eigenvalue weighted by Crippen LogP contribution is 2.25. The molecule has 0 radical (unpaired) electrons. The van der Waals surface area contributed by atoms with E-state index in [0.717, 1.165) is 37.3 Å². The van der Waals surface area contributed by atoms with Crippen LogP contribution >= 0.6 is 0 Å². The van der Waals surface area contributed by atoms with Gasteiger partial charge in [-0.3, -0.25) is 0 Å². The number of hydrogen-bond acceptors (Lipinski definition) is 3. The van der Waals surface area contributed by atoms with Crippen molar-refractivity contribution in [2.75, 3.05) is 20.2 Å². The van der Waals surface area contributed by atoms with Crippen molar-refractivity contribution in [2.45, 2.75) is 51.6 Å². The van der Waals surface area contributed by atoms with Crippen LogP contribution in [-0.2, 0) is 13.0 Å². The quantitative estimate of drug-likeness (QED) is 0.722. The second kappa shape index (κ2) is 9.06. The van der Waals surface area contributed by atoms with Crippen molar-refractivity contribution in [1.29, 1.82) is 0 Å². The number of nitrogens with one attached hydrogen (secondary N) is 1. The minimum absolute atomic E-state index is 0.0830. The molecule has 1 fully saturated rings. The van der Waals surface area contributed by atoms with Gasteiger partial charge in [0.1, 0.15) is 5.75 Å². The second-order valence-corrected chi connectivity index (χ2v) is 6.17. The van der Waals surface area contributed by atoms with Crippen molar-refractivity contribution in [1.82, 2.24) is 5.32 Å². The molecular formula is C18H29NO2. The van der Waals surface area contributed by atoms with Gasteiger partial charge in [0.25, 0.3) is 0 Å². The van der Waals surface area contributed by atoms with E-state index in [9.17, 15) is 5.11 Å². The molecule has 3 nitrogen and oxygen atoms in total. The average molecular weight is 291 g/mol. The molecule has 1 saturated carbocycles. The lowest BCUT2D eigenvalue weighted by molar-refractivity contribution is 0.208. The molecule has 1 aromatic carbocycles. The van der Waals surface area contributed by atoms with Crippen LogP contribution in [-0.4, -0.2) is 25.3 Å². The molecule has 0 bridgehead atoms. The zero-order valence-electron chi connectivity index (χ0n) is 13.2. The summed E-state index contributed by atoms with van der Waals surface area (Å²) in [5.41, 5.74) is 2.21. The van der Waals surface area contributed by atoms with Gasteiger partial charge in [0.2, 0.25) is 0 Å². The highest BCUT2D eigenvalue weighted by molar-refractivity contribution is 5.34. The summed E-state index contributed by atoms with van der Waals surface area (Å²) in [6.45, 7) is 1.92. The Labute approximate surface area is 128 Å². The third kappa shape index (κ3) is 5.68. The van der Waals surface area contributed by atoms with Crippen LogP contribution in [0.3, 0.4) is 0 Å². The first-order valence-corrected chi connectivity index (χ1v) is 8.33. The molecule has 1 aliphatic carbocycles. The molecule has 0 saturated heterocycles. The van der Waals surface area contributed by atoms with Crippen molar-refractivity contribution in [3.63, 3.8) is 0 Å². The molecule has 118 valence electrons. The largest absolute Gasteiger partial charge is 0.493 e. The van der Waals surface area contributed by atoms with Crippen molar-refractivity contribution in [3.05, 3.63) is 29.3 Å². The Kier molecular flexibility index (Phi) is 7.04. The molecule has 0 heterocycles. The number of ether oxygens (including phenoxy) is 1. The van der Waals surface area contributed by atoms with E-state index in [1.54, 1.807) is 0 Å². The van der Waals surface area contributed by atoms with Crippen molar-refractivity contribution >= 4 is 0 Å². The topological polar surface area (TPSA) is 41.5 Å². The maximum Gasteiger partial charge on any atom is 0.119 e. The van der Waals surface area contributed by atoms with Crippen molar-refractivity contribution < 1.29 is 9.84 Å². The Morgan fingerprint density at radius 3 is 2.62 bits per heavy atom. The van der Waals surface area contributed by atoms with Gasteiger partial charge in [-0.25, -0.2) is 0 Å². The maximum atomic E-state index is 9.41. The van der Waals surface area contributed by atoms with Gasteiger partial charge in [0.05, 0.1) is 13.2 Å². The molecule has 1 aromatic rings. The zero-order valence-corrected chi connectivity index (χ0v) is 13.2. The van der Waals surface area contributed by atoms with Gasteiger partial charge >= 0.3 is 0 Å². The Morgan fingerprint density at radius 1 is 1.14 bits per heavy atom. The lowest BCUT2D eigenvalue weighted by Gasteiger charge is -2.22. The standard InChI is InChI=1S/C18H29NO2/c1-19-9-5-8-16-10-17(13-20)12-18(11-16)21-14-15-6-3-2-4-7-15/h10-12,15,19-20H,2-9,13-14H2,1H3. The monoisotopic (exact) mass is 291 g/mol. The van der Waals surface area contributed by atoms with E-state index < -0.39 is 0 Å². The predicted octanol–water partition coefficient (Wildman–Crippen LogP) is 3.29. The van der Waals surface area contributed by atoms with Crippen LogP contribution in [0.15, 0.2) is 18.2 Å². The van der Waals surface area contributed by atoms with E-state index in [1.807, 2.05) is 13.1 Å². The van der Waals surface area contributed by atoms with E-state index in [4.69, 9.17) is 4.74 Å². The first-order valence-electron chi connectivity index (χ1n) is 8.33. The van der Waals surface area contributed by atoms with Crippen LogP contribution in [0.5, 0.6) is 5.75 Å². The van der Waals surface area contributed by atoms with Crippen molar-refractivity contribution in [2.24, 2.45) is 5.92 Å². The Balaban J connectivity index is 1.91. The van der Waals surface area contributed by atoms with E-state index in [-0.39, 0.29) is 6.61 Å². The number of rotatable bonds is 8. The summed E-state index contributed by atoms with van der Waals surface area (Å²) in [6, 6.07) is 6.20. The van der Waals surface area contributed by atoms with Gasteiger partial charge in [-0.05, 0) is 68.5 Å². The number of benzene rings is 1. The van der Waals surface area contributed by atoms with E-state index in [0.29, 0.717) is 5.92 Å². The summed E-state index contributed by atoms with van der Waals surface area (Å²) in [4.78, 5) is 0. The van der Waals surface area contributed by atoms with E-state index >= 15 is 0 Å². The number of aliphatic hydroxyl groups is 1. The molecule has 2 rings (SSSR count). The van der Waals surface area contributed by atoms with E-state index in [1.165, 1.54) is 37.7 Å². The molecule has 1 aliphatic rings. The van der Waals surface area contributed by atoms with Crippen LogP contribution in [0.2, 0.25) is 0 Å². The molecule has 2 N–H and O–H groups in total. The summed E-state index contributed by atoms with van der Waals surface area (Å²) >= 11 is 0. The Bertz CT molecular complexity index is 414. The summed E-state index contributed by atoms with van der Waals surface area (Å²) in [5.74, 6) is 1.64. The molecule has 0 atom stereocenters. The summed E-state index contributed by atoms with van der Waals surface area (Å²) in [6.07, 6.45) is 8.80. The zero-order chi connectivity index (χ0) is 14.9. The molecule has 3 heteroatoms. The second-order valence-electron chi connectivity index (χ2n) is 6.17. The summed E-state index contributed by atoms with van der Waals surface area (Å²) in [5, 5.41) is 12.6. The van der Waals surface area contributed by atoms with Gasteiger partial charge < -0.3 is 15.2 Å². The number of hydrogen-bond donors (Lipinski definition) is 2. The number of aryl methyl sites for hydroxylation is 1. The van der Waals surface area contributed by atoms with Crippen LogP contribution < -0.4 is 10.1 Å². The van der Waals surface area contributed by atoms with Crippen LogP contribution in [0, 0.1) is 5.92 Å². The third-order valence-electron chi connectivity index (χ3n) is 4.31. The lowest BCUT2D eigenvalue weighted by atomic mass is 9.90. The summed E-state index contributed by atoms with van der Waals surface area (Å²) in [7, 11) is 1.98. The fourth-order valence-electron chi connectivity index (χ4n) is 3.08. The van der Waals surface area contributed by atoms with Crippen LogP contribution in [0.25, 0.3) is 0 Å². The molecule has 0 aliphatic heterocycles.